The molecule has 5 nitrogen and oxygen atoms in total. The van der Waals surface area contributed by atoms with Crippen LogP contribution in [0.2, 0.25) is 0 Å². The van der Waals surface area contributed by atoms with E-state index in [1.807, 2.05) is 30.3 Å². The molecule has 132 valence electrons. The Morgan fingerprint density at radius 1 is 1.12 bits per heavy atom. The molecule has 2 rings (SSSR count). The SMILES string of the molecule is CCCCN(C(=O)Oc1cccc(NC(=O)SC)c1)c1ccccc1. The fraction of sp³-hybridized carbons (Fsp3) is 0.263. The lowest BCUT2D eigenvalue weighted by molar-refractivity contribution is 0.207. The fourth-order valence-electron chi connectivity index (χ4n) is 2.21. The Balaban J connectivity index is 2.12. The van der Waals surface area contributed by atoms with E-state index in [1.54, 1.807) is 35.4 Å². The second-order valence-corrected chi connectivity index (χ2v) is 6.13. The van der Waals surface area contributed by atoms with Gasteiger partial charge in [0.1, 0.15) is 5.75 Å². The molecule has 0 radical (unpaired) electrons. The molecule has 0 atom stereocenters. The zero-order valence-corrected chi connectivity index (χ0v) is 15.2. The van der Waals surface area contributed by atoms with Crippen molar-refractivity contribution < 1.29 is 14.3 Å². The van der Waals surface area contributed by atoms with Crippen molar-refractivity contribution in [1.82, 2.24) is 0 Å². The zero-order valence-electron chi connectivity index (χ0n) is 14.4. The number of carbonyl (C=O) groups is 2. The lowest BCUT2D eigenvalue weighted by Crippen LogP contribution is -2.34. The van der Waals surface area contributed by atoms with Crippen molar-refractivity contribution in [1.29, 1.82) is 0 Å². The van der Waals surface area contributed by atoms with Crippen molar-refractivity contribution in [2.75, 3.05) is 23.0 Å². The average Bonchev–Trinajstić information content (AvgIpc) is 2.63. The van der Waals surface area contributed by atoms with Gasteiger partial charge in [0.25, 0.3) is 5.24 Å². The van der Waals surface area contributed by atoms with Gasteiger partial charge in [-0.25, -0.2) is 4.79 Å². The third kappa shape index (κ3) is 5.83. The van der Waals surface area contributed by atoms with Crippen LogP contribution in [0.5, 0.6) is 5.75 Å². The number of nitrogens with zero attached hydrogens (tertiary/aromatic N) is 1. The summed E-state index contributed by atoms with van der Waals surface area (Å²) in [5.74, 6) is 0.390. The minimum Gasteiger partial charge on any atom is -0.410 e. The average molecular weight is 358 g/mol. The van der Waals surface area contributed by atoms with Gasteiger partial charge in [-0.05, 0) is 36.9 Å². The monoisotopic (exact) mass is 358 g/mol. The summed E-state index contributed by atoms with van der Waals surface area (Å²) in [7, 11) is 0. The molecule has 0 aliphatic carbocycles. The molecule has 0 unspecified atom stereocenters. The number of anilines is 2. The molecule has 0 bridgehead atoms. The molecule has 25 heavy (non-hydrogen) atoms. The van der Waals surface area contributed by atoms with Gasteiger partial charge in [0, 0.05) is 24.0 Å². The number of amides is 2. The number of thioether (sulfide) groups is 1. The fourth-order valence-corrected chi connectivity index (χ4v) is 2.43. The highest BCUT2D eigenvalue weighted by molar-refractivity contribution is 8.13. The topological polar surface area (TPSA) is 58.6 Å². The Morgan fingerprint density at radius 2 is 1.88 bits per heavy atom. The first-order chi connectivity index (χ1) is 12.1. The maximum Gasteiger partial charge on any atom is 0.419 e. The summed E-state index contributed by atoms with van der Waals surface area (Å²) in [6.07, 6.45) is 3.12. The van der Waals surface area contributed by atoms with E-state index in [0.717, 1.165) is 30.3 Å². The van der Waals surface area contributed by atoms with Gasteiger partial charge in [-0.1, -0.05) is 49.4 Å². The van der Waals surface area contributed by atoms with E-state index in [-0.39, 0.29) is 5.24 Å². The number of nitrogens with one attached hydrogen (secondary N) is 1. The number of hydrogen-bond donors (Lipinski definition) is 1. The van der Waals surface area contributed by atoms with Crippen LogP contribution in [0, 0.1) is 0 Å². The van der Waals surface area contributed by atoms with Crippen molar-refractivity contribution in [3.8, 4) is 5.75 Å². The second-order valence-electron chi connectivity index (χ2n) is 5.35. The summed E-state index contributed by atoms with van der Waals surface area (Å²) in [6, 6.07) is 16.3. The van der Waals surface area contributed by atoms with Gasteiger partial charge in [0.05, 0.1) is 0 Å². The van der Waals surface area contributed by atoms with Crippen LogP contribution < -0.4 is 15.0 Å². The standard InChI is InChI=1S/C19H22N2O3S/c1-3-4-13-21(16-10-6-5-7-11-16)19(23)24-17-12-8-9-15(14-17)20-18(22)25-2/h5-12,14H,3-4,13H2,1-2H3,(H,20,22). The number of unbranched alkanes of at least 4 members (excludes halogenated alkanes) is 1. The number of carbonyl (C=O) groups excluding carboxylic acids is 2. The van der Waals surface area contributed by atoms with E-state index in [0.29, 0.717) is 18.0 Å². The Morgan fingerprint density at radius 3 is 2.56 bits per heavy atom. The Kier molecular flexibility index (Phi) is 7.35. The first kappa shape index (κ1) is 18.9. The van der Waals surface area contributed by atoms with Crippen molar-refractivity contribution in [2.45, 2.75) is 19.8 Å². The first-order valence-corrected chi connectivity index (χ1v) is 9.36. The van der Waals surface area contributed by atoms with Gasteiger partial charge in [-0.2, -0.15) is 0 Å². The van der Waals surface area contributed by atoms with Crippen molar-refractivity contribution in [2.24, 2.45) is 0 Å². The lowest BCUT2D eigenvalue weighted by Gasteiger charge is -2.22. The first-order valence-electron chi connectivity index (χ1n) is 8.13. The lowest BCUT2D eigenvalue weighted by atomic mass is 10.2. The Labute approximate surface area is 152 Å². The van der Waals surface area contributed by atoms with Gasteiger partial charge in [0.15, 0.2) is 0 Å². The third-order valence-electron chi connectivity index (χ3n) is 3.49. The van der Waals surface area contributed by atoms with Crippen LogP contribution in [0.3, 0.4) is 0 Å². The summed E-state index contributed by atoms with van der Waals surface area (Å²) in [5, 5.41) is 2.55. The van der Waals surface area contributed by atoms with E-state index in [4.69, 9.17) is 4.74 Å². The Bertz CT molecular complexity index is 707. The molecule has 0 aliphatic rings. The minimum atomic E-state index is -0.437. The highest BCUT2D eigenvalue weighted by Gasteiger charge is 2.17. The zero-order chi connectivity index (χ0) is 18.1. The maximum absolute atomic E-state index is 12.6. The number of rotatable bonds is 6. The van der Waals surface area contributed by atoms with Gasteiger partial charge >= 0.3 is 6.09 Å². The molecule has 0 heterocycles. The molecule has 0 fully saturated rings. The van der Waals surface area contributed by atoms with Crippen molar-refractivity contribution in [3.05, 3.63) is 54.6 Å². The summed E-state index contributed by atoms with van der Waals surface area (Å²) in [5.41, 5.74) is 1.39. The molecule has 2 aromatic rings. The molecule has 0 saturated heterocycles. The van der Waals surface area contributed by atoms with Gasteiger partial charge in [0.2, 0.25) is 0 Å². The highest BCUT2D eigenvalue weighted by atomic mass is 32.2. The molecule has 2 amide bonds. The largest absolute Gasteiger partial charge is 0.419 e. The molecular weight excluding hydrogens is 336 g/mol. The number of benzene rings is 2. The molecular formula is C19H22N2O3S. The molecule has 0 saturated carbocycles. The van der Waals surface area contributed by atoms with Crippen LogP contribution in [-0.2, 0) is 0 Å². The number of ether oxygens (including phenoxy) is 1. The molecule has 0 aliphatic heterocycles. The molecule has 1 N–H and O–H groups in total. The predicted octanol–water partition coefficient (Wildman–Crippen LogP) is 5.39. The van der Waals surface area contributed by atoms with E-state index in [1.165, 1.54) is 0 Å². The van der Waals surface area contributed by atoms with Crippen LogP contribution in [-0.4, -0.2) is 24.1 Å². The number of para-hydroxylation sites is 1. The van der Waals surface area contributed by atoms with Crippen LogP contribution in [0.15, 0.2) is 54.6 Å². The van der Waals surface area contributed by atoms with Crippen LogP contribution in [0.4, 0.5) is 21.0 Å². The quantitative estimate of drug-likeness (QED) is 0.752. The van der Waals surface area contributed by atoms with Gasteiger partial charge in [-0.3, -0.25) is 9.69 Å². The van der Waals surface area contributed by atoms with Crippen molar-refractivity contribution in [3.63, 3.8) is 0 Å². The molecule has 6 heteroatoms. The summed E-state index contributed by atoms with van der Waals surface area (Å²) in [6.45, 7) is 2.66. The predicted molar refractivity (Wildman–Crippen MR) is 104 cm³/mol. The van der Waals surface area contributed by atoms with E-state index in [9.17, 15) is 9.59 Å². The summed E-state index contributed by atoms with van der Waals surface area (Å²) < 4.78 is 5.51. The van der Waals surface area contributed by atoms with Crippen LogP contribution in [0.1, 0.15) is 19.8 Å². The van der Waals surface area contributed by atoms with Gasteiger partial charge < -0.3 is 10.1 Å². The molecule has 0 aromatic heterocycles. The maximum atomic E-state index is 12.6. The van der Waals surface area contributed by atoms with Crippen molar-refractivity contribution >= 4 is 34.5 Å². The summed E-state index contributed by atoms with van der Waals surface area (Å²) in [4.78, 5) is 25.7. The van der Waals surface area contributed by atoms with Crippen LogP contribution >= 0.6 is 11.8 Å². The molecule has 0 spiro atoms. The minimum absolute atomic E-state index is 0.169. The molecule has 2 aromatic carbocycles. The Hall–Kier alpha value is -2.47. The number of hydrogen-bond acceptors (Lipinski definition) is 4. The van der Waals surface area contributed by atoms with Gasteiger partial charge in [-0.15, -0.1) is 0 Å². The summed E-state index contributed by atoms with van der Waals surface area (Å²) >= 11 is 1.08. The third-order valence-corrected chi connectivity index (χ3v) is 3.97. The second kappa shape index (κ2) is 9.74. The highest BCUT2D eigenvalue weighted by Crippen LogP contribution is 2.21. The smallest absolute Gasteiger partial charge is 0.410 e. The van der Waals surface area contributed by atoms with E-state index in [2.05, 4.69) is 12.2 Å². The van der Waals surface area contributed by atoms with E-state index >= 15 is 0 Å². The van der Waals surface area contributed by atoms with E-state index < -0.39 is 6.09 Å². The normalized spacial score (nSPS) is 10.2. The van der Waals surface area contributed by atoms with Crippen LogP contribution in [0.25, 0.3) is 0 Å².